The summed E-state index contributed by atoms with van der Waals surface area (Å²) in [7, 11) is 0. The number of ether oxygens (including phenoxy) is 2. The van der Waals surface area contributed by atoms with Crippen molar-refractivity contribution in [2.24, 2.45) is 34.5 Å². The van der Waals surface area contributed by atoms with Gasteiger partial charge in [-0.25, -0.2) is 4.79 Å². The Kier molecular flexibility index (Phi) is 7.64. The first kappa shape index (κ1) is 30.7. The Bertz CT molecular complexity index is 1410. The van der Waals surface area contributed by atoms with E-state index >= 15 is 0 Å². The number of benzene rings is 1. The number of halogens is 2. The highest BCUT2D eigenvalue weighted by Crippen LogP contribution is 2.72. The number of hydrogen-bond acceptors (Lipinski definition) is 8. The predicted octanol–water partition coefficient (Wildman–Crippen LogP) is 5.93. The highest BCUT2D eigenvalue weighted by molar-refractivity contribution is 6.34. The lowest BCUT2D eigenvalue weighted by molar-refractivity contribution is -0.385. The molecular weight excluding hydrogens is 585 g/mol. The first-order valence-corrected chi connectivity index (χ1v) is 15.0. The van der Waals surface area contributed by atoms with Gasteiger partial charge in [-0.15, -0.1) is 23.2 Å². The van der Waals surface area contributed by atoms with Crippen LogP contribution in [0.5, 0.6) is 0 Å². The summed E-state index contributed by atoms with van der Waals surface area (Å²) in [5.41, 5.74) is -2.55. The number of carbonyl (C=O) groups excluding carboxylic acids is 3. The maximum absolute atomic E-state index is 13.7. The van der Waals surface area contributed by atoms with Crippen molar-refractivity contribution >= 4 is 46.6 Å². The van der Waals surface area contributed by atoms with Gasteiger partial charge in [0.2, 0.25) is 5.78 Å². The number of allylic oxidation sites excluding steroid dienone is 4. The summed E-state index contributed by atoms with van der Waals surface area (Å²) in [6, 6.07) is 5.82. The second-order valence-corrected chi connectivity index (χ2v) is 13.9. The standard InChI is InChI=1S/C31H35Cl2NO8/c1-17-11-23-22-12-18(2)31(38,26(36)16-42-27(37)41-15-19-7-5-6-8-24(19)34(39)40)29(22,4)14-25(32)30(23,33)28(3)10-9-20(35)13-21(17)28/h5-10,13,17-18,22-23,25,38H,11-12,14-16H2,1-4H3/t17-,18+,22-,23-,25-,28-,29-,30-,31-/m0/s1. The Hall–Kier alpha value is -2.75. The van der Waals surface area contributed by atoms with Crippen LogP contribution in [0.15, 0.2) is 48.1 Å². The molecule has 3 saturated carbocycles. The molecule has 1 aromatic rings. The summed E-state index contributed by atoms with van der Waals surface area (Å²) < 4.78 is 10.1. The molecule has 0 bridgehead atoms. The fourth-order valence-corrected chi connectivity index (χ4v) is 9.89. The maximum Gasteiger partial charge on any atom is 0.509 e. The van der Waals surface area contributed by atoms with E-state index in [0.29, 0.717) is 12.8 Å². The molecule has 0 heterocycles. The first-order chi connectivity index (χ1) is 19.6. The Morgan fingerprint density at radius 3 is 2.52 bits per heavy atom. The number of carbonyl (C=O) groups is 3. The number of Topliss-reactive ketones (excluding diaryl/α,β-unsaturated/α-hetero) is 1. The van der Waals surface area contributed by atoms with Crippen molar-refractivity contribution in [3.05, 3.63) is 63.7 Å². The number of rotatable bonds is 6. The van der Waals surface area contributed by atoms with Gasteiger partial charge in [-0.05, 0) is 61.2 Å². The van der Waals surface area contributed by atoms with Crippen LogP contribution < -0.4 is 0 Å². The minimum absolute atomic E-state index is 0.0465. The summed E-state index contributed by atoms with van der Waals surface area (Å²) in [4.78, 5) is 48.0. The minimum atomic E-state index is -1.85. The molecule has 226 valence electrons. The molecule has 3 fully saturated rings. The van der Waals surface area contributed by atoms with Crippen molar-refractivity contribution in [3.8, 4) is 0 Å². The van der Waals surface area contributed by atoms with Gasteiger partial charge in [0, 0.05) is 16.9 Å². The highest BCUT2D eigenvalue weighted by Gasteiger charge is 2.75. The molecule has 0 amide bonds. The molecule has 0 unspecified atom stereocenters. The fourth-order valence-electron chi connectivity index (χ4n) is 8.69. The molecule has 0 spiro atoms. The Labute approximate surface area is 254 Å². The molecule has 1 aromatic carbocycles. The number of alkyl halides is 2. The van der Waals surface area contributed by atoms with E-state index in [0.717, 1.165) is 5.57 Å². The van der Waals surface area contributed by atoms with Gasteiger partial charge < -0.3 is 14.6 Å². The number of nitrogens with zero attached hydrogens (tertiary/aromatic N) is 1. The summed E-state index contributed by atoms with van der Waals surface area (Å²) in [6.07, 6.45) is 5.33. The zero-order chi connectivity index (χ0) is 30.8. The number of aliphatic hydroxyl groups is 1. The van der Waals surface area contributed by atoms with E-state index in [-0.39, 0.29) is 41.2 Å². The van der Waals surface area contributed by atoms with E-state index in [2.05, 4.69) is 6.92 Å². The van der Waals surface area contributed by atoms with Crippen LogP contribution in [0.4, 0.5) is 10.5 Å². The Morgan fingerprint density at radius 1 is 1.14 bits per heavy atom. The zero-order valence-corrected chi connectivity index (χ0v) is 25.5. The smallest absolute Gasteiger partial charge is 0.429 e. The van der Waals surface area contributed by atoms with Gasteiger partial charge in [0.25, 0.3) is 5.69 Å². The van der Waals surface area contributed by atoms with Crippen molar-refractivity contribution in [1.82, 2.24) is 0 Å². The minimum Gasteiger partial charge on any atom is -0.429 e. The largest absolute Gasteiger partial charge is 0.509 e. The molecule has 0 aromatic heterocycles. The van der Waals surface area contributed by atoms with Crippen molar-refractivity contribution < 1.29 is 33.9 Å². The van der Waals surface area contributed by atoms with E-state index in [9.17, 15) is 29.6 Å². The quantitative estimate of drug-likeness (QED) is 0.179. The average Bonchev–Trinajstić information content (AvgIpc) is 3.14. The lowest BCUT2D eigenvalue weighted by atomic mass is 9.45. The van der Waals surface area contributed by atoms with Gasteiger partial charge in [0.05, 0.1) is 20.7 Å². The fraction of sp³-hybridized carbons (Fsp3) is 0.581. The molecule has 1 N–H and O–H groups in total. The third-order valence-corrected chi connectivity index (χ3v) is 12.3. The number of para-hydroxylation sites is 1. The van der Waals surface area contributed by atoms with E-state index < -0.39 is 62.7 Å². The lowest BCUT2D eigenvalue weighted by Crippen LogP contribution is -2.68. The SMILES string of the molecule is C[C@@H]1C[C@H]2[C@@H]3C[C@H](C)C4=CC(=O)C=C[C@]4(C)[C@@]3(Cl)[C@@H](Cl)C[C@]2(C)[C@@]1(O)C(=O)COC(=O)OCc1ccccc1[N+](=O)[O-]. The second kappa shape index (κ2) is 10.5. The third kappa shape index (κ3) is 4.26. The molecule has 4 aliphatic carbocycles. The summed E-state index contributed by atoms with van der Waals surface area (Å²) in [6.45, 7) is 6.64. The third-order valence-electron chi connectivity index (χ3n) is 10.8. The van der Waals surface area contributed by atoms with Crippen LogP contribution in [0.1, 0.15) is 52.5 Å². The Morgan fingerprint density at radius 2 is 1.83 bits per heavy atom. The molecule has 5 rings (SSSR count). The molecule has 42 heavy (non-hydrogen) atoms. The van der Waals surface area contributed by atoms with Gasteiger partial charge in [-0.3, -0.25) is 19.7 Å². The van der Waals surface area contributed by atoms with Crippen molar-refractivity contribution in [1.29, 1.82) is 0 Å². The number of ketones is 2. The van der Waals surface area contributed by atoms with Crippen LogP contribution in [0, 0.1) is 44.6 Å². The molecule has 0 aliphatic heterocycles. The van der Waals surface area contributed by atoms with Crippen LogP contribution in [0.3, 0.4) is 0 Å². The summed E-state index contributed by atoms with van der Waals surface area (Å²) in [5, 5.41) is 22.7. The monoisotopic (exact) mass is 619 g/mol. The Balaban J connectivity index is 1.35. The number of hydrogen-bond donors (Lipinski definition) is 1. The van der Waals surface area contributed by atoms with Crippen molar-refractivity contribution in [3.63, 3.8) is 0 Å². The van der Waals surface area contributed by atoms with E-state index in [1.165, 1.54) is 18.2 Å². The van der Waals surface area contributed by atoms with Crippen LogP contribution in [-0.2, 0) is 25.7 Å². The second-order valence-electron chi connectivity index (χ2n) is 12.8. The van der Waals surface area contributed by atoms with Gasteiger partial charge in [-0.1, -0.05) is 51.5 Å². The molecule has 0 radical (unpaired) electrons. The van der Waals surface area contributed by atoms with Gasteiger partial charge >= 0.3 is 6.16 Å². The van der Waals surface area contributed by atoms with E-state index in [1.54, 1.807) is 18.2 Å². The van der Waals surface area contributed by atoms with Crippen molar-refractivity contribution in [2.45, 2.75) is 69.4 Å². The first-order valence-electron chi connectivity index (χ1n) is 14.2. The topological polar surface area (TPSA) is 133 Å². The molecule has 9 atom stereocenters. The number of nitro benzene ring substituents is 1. The molecule has 0 saturated heterocycles. The van der Waals surface area contributed by atoms with Crippen LogP contribution in [0.25, 0.3) is 0 Å². The lowest BCUT2D eigenvalue weighted by Gasteiger charge is -2.65. The van der Waals surface area contributed by atoms with Gasteiger partial charge in [0.15, 0.2) is 12.4 Å². The van der Waals surface area contributed by atoms with Gasteiger partial charge in [0.1, 0.15) is 12.2 Å². The zero-order valence-electron chi connectivity index (χ0n) is 24.0. The average molecular weight is 621 g/mol. The maximum atomic E-state index is 13.7. The highest BCUT2D eigenvalue weighted by atomic mass is 35.5. The molecule has 4 aliphatic rings. The van der Waals surface area contributed by atoms with Crippen LogP contribution in [0.2, 0.25) is 0 Å². The summed E-state index contributed by atoms with van der Waals surface area (Å²) in [5.74, 6) is -1.48. The van der Waals surface area contributed by atoms with Crippen LogP contribution >= 0.6 is 23.2 Å². The number of nitro groups is 1. The number of fused-ring (bicyclic) bond motifs is 5. The normalized spacial score (nSPS) is 40.3. The van der Waals surface area contributed by atoms with E-state index in [4.69, 9.17) is 32.7 Å². The van der Waals surface area contributed by atoms with Crippen molar-refractivity contribution in [2.75, 3.05) is 6.61 Å². The molecular formula is C31H35Cl2NO8. The van der Waals surface area contributed by atoms with Gasteiger partial charge in [-0.2, -0.15) is 0 Å². The predicted molar refractivity (Wildman–Crippen MR) is 155 cm³/mol. The van der Waals surface area contributed by atoms with Crippen LogP contribution in [-0.4, -0.2) is 50.2 Å². The molecule has 9 nitrogen and oxygen atoms in total. The summed E-state index contributed by atoms with van der Waals surface area (Å²) >= 11 is 14.8. The van der Waals surface area contributed by atoms with E-state index in [1.807, 2.05) is 26.8 Å². The molecule has 11 heteroatoms.